The molecule has 2 aromatic carbocycles. The Morgan fingerprint density at radius 1 is 1.16 bits per heavy atom. The molecule has 2 heterocycles. The van der Waals surface area contributed by atoms with Crippen molar-refractivity contribution >= 4 is 29.3 Å². The van der Waals surface area contributed by atoms with Gasteiger partial charge in [0, 0.05) is 5.69 Å². The number of anilines is 1. The van der Waals surface area contributed by atoms with E-state index in [-0.39, 0.29) is 30.3 Å². The Morgan fingerprint density at radius 2 is 1.84 bits per heavy atom. The zero-order chi connectivity index (χ0) is 22.2. The highest BCUT2D eigenvalue weighted by Gasteiger charge is 2.35. The van der Waals surface area contributed by atoms with Crippen molar-refractivity contribution in [1.29, 1.82) is 0 Å². The fraction of sp³-hybridized carbons (Fsp3) is 0.391. The molecule has 0 aromatic heterocycles. The summed E-state index contributed by atoms with van der Waals surface area (Å²) in [7, 11) is 0. The zero-order valence-corrected chi connectivity index (χ0v) is 18.4. The molecule has 4 rings (SSSR count). The summed E-state index contributed by atoms with van der Waals surface area (Å²) < 4.78 is 29.9. The maximum absolute atomic E-state index is 13.3. The highest BCUT2D eigenvalue weighted by atomic mass is 32.2. The van der Waals surface area contributed by atoms with Crippen molar-refractivity contribution in [2.45, 2.75) is 38.0 Å². The summed E-state index contributed by atoms with van der Waals surface area (Å²) in [6.07, 6.45) is -0.472. The Hall–Kier alpha value is -2.42. The van der Waals surface area contributed by atoms with Gasteiger partial charge in [-0.1, -0.05) is 12.1 Å². The molecule has 0 aliphatic carbocycles. The molecule has 1 unspecified atom stereocenters. The van der Waals surface area contributed by atoms with Gasteiger partial charge in [-0.2, -0.15) is 0 Å². The van der Waals surface area contributed by atoms with Crippen molar-refractivity contribution in [1.82, 2.24) is 0 Å². The fourth-order valence-electron chi connectivity index (χ4n) is 3.58. The Bertz CT molecular complexity index is 984. The summed E-state index contributed by atoms with van der Waals surface area (Å²) in [5.74, 6) is -1.16. The molecule has 0 saturated carbocycles. The van der Waals surface area contributed by atoms with Crippen molar-refractivity contribution in [2.24, 2.45) is 0 Å². The lowest BCUT2D eigenvalue weighted by Crippen LogP contribution is -2.43. The largest absolute Gasteiger partial charge is 0.454 e. The van der Waals surface area contributed by atoms with Crippen LogP contribution in [0.2, 0.25) is 0 Å². The summed E-state index contributed by atoms with van der Waals surface area (Å²) in [4.78, 5) is 26.9. The van der Waals surface area contributed by atoms with Crippen LogP contribution in [0, 0.1) is 12.7 Å². The average Bonchev–Trinajstić information content (AvgIpc) is 3.11. The number of aryl methyl sites for hydroxylation is 1. The minimum absolute atomic E-state index is 0.0307. The monoisotopic (exact) mass is 445 g/mol. The topological polar surface area (TPSA) is 65.1 Å². The smallest absolute Gasteiger partial charge is 0.338 e. The van der Waals surface area contributed by atoms with Gasteiger partial charge in [-0.25, -0.2) is 9.18 Å². The van der Waals surface area contributed by atoms with Crippen LogP contribution in [0.3, 0.4) is 0 Å². The second-order valence-electron chi connectivity index (χ2n) is 8.03. The summed E-state index contributed by atoms with van der Waals surface area (Å²) in [5, 5.41) is -0.246. The van der Waals surface area contributed by atoms with E-state index in [2.05, 4.69) is 0 Å². The van der Waals surface area contributed by atoms with Crippen molar-refractivity contribution in [2.75, 3.05) is 23.9 Å². The van der Waals surface area contributed by atoms with Crippen molar-refractivity contribution in [3.05, 3.63) is 65.0 Å². The summed E-state index contributed by atoms with van der Waals surface area (Å²) in [5.41, 5.74) is 2.73. The van der Waals surface area contributed by atoms with Gasteiger partial charge in [-0.3, -0.25) is 9.69 Å². The number of hydrogen-bond acceptors (Lipinski definition) is 6. The average molecular weight is 446 g/mol. The molecular formula is C23H24FNO5S. The highest BCUT2D eigenvalue weighted by Crippen LogP contribution is 2.42. The number of ether oxygens (including phenoxy) is 3. The number of carbonyl (C=O) groups is 2. The molecule has 2 aliphatic heterocycles. The van der Waals surface area contributed by atoms with Crippen LogP contribution in [0.4, 0.5) is 10.1 Å². The van der Waals surface area contributed by atoms with Gasteiger partial charge in [0.25, 0.3) is 0 Å². The van der Waals surface area contributed by atoms with E-state index in [0.717, 1.165) is 11.1 Å². The number of hydrogen-bond donors (Lipinski definition) is 0. The molecule has 1 amide bonds. The minimum Gasteiger partial charge on any atom is -0.454 e. The Morgan fingerprint density at radius 3 is 2.48 bits per heavy atom. The molecular weight excluding hydrogens is 421 g/mol. The molecule has 0 bridgehead atoms. The third-order valence-corrected chi connectivity index (χ3v) is 6.43. The molecule has 8 heteroatoms. The van der Waals surface area contributed by atoms with Gasteiger partial charge in [0.2, 0.25) is 5.91 Å². The third-order valence-electron chi connectivity index (χ3n) is 5.22. The molecule has 2 aliphatic rings. The predicted molar refractivity (Wildman–Crippen MR) is 115 cm³/mol. The van der Waals surface area contributed by atoms with Crippen molar-refractivity contribution < 1.29 is 28.2 Å². The number of rotatable bonds is 4. The summed E-state index contributed by atoms with van der Waals surface area (Å²) in [6, 6.07) is 11.3. The molecule has 0 radical (unpaired) electrons. The van der Waals surface area contributed by atoms with Crippen LogP contribution >= 0.6 is 11.8 Å². The van der Waals surface area contributed by atoms with Crippen LogP contribution in [-0.4, -0.2) is 42.7 Å². The lowest BCUT2D eigenvalue weighted by atomic mass is 10.1. The molecule has 2 fully saturated rings. The van der Waals surface area contributed by atoms with E-state index >= 15 is 0 Å². The number of benzene rings is 2. The Kier molecular flexibility index (Phi) is 6.05. The Labute approximate surface area is 184 Å². The van der Waals surface area contributed by atoms with Crippen LogP contribution in [0.5, 0.6) is 0 Å². The zero-order valence-electron chi connectivity index (χ0n) is 17.6. The quantitative estimate of drug-likeness (QED) is 0.657. The number of thioether (sulfide) groups is 1. The molecule has 1 atom stereocenters. The van der Waals surface area contributed by atoms with E-state index in [0.29, 0.717) is 17.0 Å². The summed E-state index contributed by atoms with van der Waals surface area (Å²) >= 11 is 1.49. The van der Waals surface area contributed by atoms with Gasteiger partial charge in [-0.05, 0) is 62.2 Å². The van der Waals surface area contributed by atoms with Crippen LogP contribution < -0.4 is 4.90 Å². The van der Waals surface area contributed by atoms with E-state index in [4.69, 9.17) is 14.2 Å². The van der Waals surface area contributed by atoms with Gasteiger partial charge in [0.05, 0.1) is 24.5 Å². The predicted octanol–water partition coefficient (Wildman–Crippen LogP) is 4.22. The normalized spacial score (nSPS) is 21.4. The van der Waals surface area contributed by atoms with Crippen molar-refractivity contribution in [3.8, 4) is 0 Å². The van der Waals surface area contributed by atoms with Gasteiger partial charge < -0.3 is 14.2 Å². The molecule has 164 valence electrons. The van der Waals surface area contributed by atoms with Gasteiger partial charge in [-0.15, -0.1) is 11.8 Å². The highest BCUT2D eigenvalue weighted by molar-refractivity contribution is 8.00. The van der Waals surface area contributed by atoms with Crippen LogP contribution in [-0.2, 0) is 19.0 Å². The number of nitrogens with zero attached hydrogens (tertiary/aromatic N) is 1. The van der Waals surface area contributed by atoms with Crippen molar-refractivity contribution in [3.63, 3.8) is 0 Å². The minimum atomic E-state index is -0.678. The molecule has 2 saturated heterocycles. The van der Waals surface area contributed by atoms with Gasteiger partial charge in [0.15, 0.2) is 5.79 Å². The van der Waals surface area contributed by atoms with E-state index in [9.17, 15) is 14.0 Å². The SMILES string of the molecule is Cc1cc(C(=O)OC2COC(C)(C)OC2)ccc1N1C(=O)CSC1c1ccc(F)cc1. The maximum atomic E-state index is 13.3. The standard InChI is InChI=1S/C23H24FNO5S/c1-14-10-16(22(27)30-18-11-28-23(2,3)29-12-18)6-9-19(14)25-20(26)13-31-21(25)15-4-7-17(24)8-5-15/h4-10,18,21H,11-13H2,1-3H3. The fourth-order valence-corrected chi connectivity index (χ4v) is 4.75. The number of carbonyl (C=O) groups excluding carboxylic acids is 2. The first-order chi connectivity index (χ1) is 14.7. The lowest BCUT2D eigenvalue weighted by molar-refractivity contribution is -0.272. The van der Waals surface area contributed by atoms with Crippen LogP contribution in [0.15, 0.2) is 42.5 Å². The van der Waals surface area contributed by atoms with E-state index in [1.807, 2.05) is 20.8 Å². The van der Waals surface area contributed by atoms with E-state index in [1.54, 1.807) is 35.2 Å². The van der Waals surface area contributed by atoms with Crippen LogP contribution in [0.1, 0.15) is 40.7 Å². The van der Waals surface area contributed by atoms with Gasteiger partial charge in [0.1, 0.15) is 17.3 Å². The van der Waals surface area contributed by atoms with Gasteiger partial charge >= 0.3 is 5.97 Å². The second-order valence-corrected chi connectivity index (χ2v) is 9.10. The first-order valence-corrected chi connectivity index (χ1v) is 11.1. The first-order valence-electron chi connectivity index (χ1n) is 10.0. The third kappa shape index (κ3) is 4.76. The Balaban J connectivity index is 1.50. The van der Waals surface area contributed by atoms with E-state index < -0.39 is 17.9 Å². The maximum Gasteiger partial charge on any atom is 0.338 e. The molecule has 0 N–H and O–H groups in total. The lowest BCUT2D eigenvalue weighted by Gasteiger charge is -2.34. The number of amides is 1. The van der Waals surface area contributed by atoms with E-state index in [1.165, 1.54) is 23.9 Å². The second kappa shape index (κ2) is 8.61. The van der Waals surface area contributed by atoms with Crippen LogP contribution in [0.25, 0.3) is 0 Å². The first kappa shape index (κ1) is 21.8. The molecule has 6 nitrogen and oxygen atoms in total. The molecule has 0 spiro atoms. The summed E-state index contributed by atoms with van der Waals surface area (Å²) in [6.45, 7) is 6.01. The molecule has 2 aromatic rings. The number of halogens is 1. The molecule has 31 heavy (non-hydrogen) atoms. The number of esters is 1.